The van der Waals surface area contributed by atoms with Crippen molar-refractivity contribution < 1.29 is 14.3 Å². The Bertz CT molecular complexity index is 745. The van der Waals surface area contributed by atoms with Crippen LogP contribution < -0.4 is 0 Å². The number of carbonyl (C=O) groups is 2. The maximum atomic E-state index is 12.8. The third-order valence-electron chi connectivity index (χ3n) is 4.56. The molecule has 0 spiro atoms. The second-order valence-corrected chi connectivity index (χ2v) is 7.64. The van der Waals surface area contributed by atoms with E-state index in [2.05, 4.69) is 6.07 Å². The van der Waals surface area contributed by atoms with Crippen molar-refractivity contribution >= 4 is 12.0 Å². The fourth-order valence-corrected chi connectivity index (χ4v) is 3.39. The normalized spacial score (nSPS) is 20.2. The number of fused-ring (bicyclic) bond motifs is 1. The van der Waals surface area contributed by atoms with E-state index in [4.69, 9.17) is 10.00 Å². The van der Waals surface area contributed by atoms with Crippen molar-refractivity contribution in [3.63, 3.8) is 0 Å². The topological polar surface area (TPSA) is 73.6 Å². The minimum atomic E-state index is -0.530. The average molecular weight is 341 g/mol. The maximum absolute atomic E-state index is 12.8. The van der Waals surface area contributed by atoms with Crippen molar-refractivity contribution in [1.82, 2.24) is 9.80 Å². The summed E-state index contributed by atoms with van der Waals surface area (Å²) in [5, 5.41) is 9.03. The summed E-state index contributed by atoms with van der Waals surface area (Å²) in [7, 11) is 0. The van der Waals surface area contributed by atoms with Gasteiger partial charge in [-0.3, -0.25) is 4.79 Å². The number of amides is 2. The Kier molecular flexibility index (Phi) is 4.42. The molecule has 0 aliphatic carbocycles. The van der Waals surface area contributed by atoms with Gasteiger partial charge in [0.05, 0.1) is 17.7 Å². The number of nitriles is 1. The van der Waals surface area contributed by atoms with Crippen molar-refractivity contribution in [2.75, 3.05) is 13.1 Å². The minimum absolute atomic E-state index is 0.0216. The smallest absolute Gasteiger partial charge is 0.410 e. The fourth-order valence-electron chi connectivity index (χ4n) is 3.39. The second-order valence-electron chi connectivity index (χ2n) is 7.64. The van der Waals surface area contributed by atoms with Crippen LogP contribution in [0, 0.1) is 11.3 Å². The molecule has 25 heavy (non-hydrogen) atoms. The Morgan fingerprint density at radius 3 is 2.80 bits per heavy atom. The lowest BCUT2D eigenvalue weighted by Gasteiger charge is -2.38. The van der Waals surface area contributed by atoms with Crippen LogP contribution in [0.3, 0.4) is 0 Å². The van der Waals surface area contributed by atoms with E-state index in [1.54, 1.807) is 17.0 Å². The summed E-state index contributed by atoms with van der Waals surface area (Å²) in [6, 6.07) is 7.30. The van der Waals surface area contributed by atoms with Gasteiger partial charge in [0.25, 0.3) is 5.91 Å². The van der Waals surface area contributed by atoms with E-state index in [9.17, 15) is 9.59 Å². The highest BCUT2D eigenvalue weighted by atomic mass is 16.6. The van der Waals surface area contributed by atoms with E-state index in [1.165, 1.54) is 0 Å². The summed E-state index contributed by atoms with van der Waals surface area (Å²) in [5.74, 6) is -0.0526. The summed E-state index contributed by atoms with van der Waals surface area (Å²) in [4.78, 5) is 28.6. The van der Waals surface area contributed by atoms with Crippen LogP contribution in [-0.2, 0) is 11.3 Å². The first-order valence-electron chi connectivity index (χ1n) is 8.60. The van der Waals surface area contributed by atoms with Crippen LogP contribution in [0.5, 0.6) is 0 Å². The molecular formula is C19H23N3O3. The van der Waals surface area contributed by atoms with Gasteiger partial charge < -0.3 is 14.5 Å². The van der Waals surface area contributed by atoms with Crippen LogP contribution in [0.4, 0.5) is 4.79 Å². The molecule has 1 aromatic carbocycles. The van der Waals surface area contributed by atoms with E-state index in [0.29, 0.717) is 30.8 Å². The van der Waals surface area contributed by atoms with Gasteiger partial charge in [-0.15, -0.1) is 0 Å². The molecule has 2 amide bonds. The summed E-state index contributed by atoms with van der Waals surface area (Å²) in [6.45, 7) is 7.21. The second kappa shape index (κ2) is 6.40. The van der Waals surface area contributed by atoms with Gasteiger partial charge in [-0.05, 0) is 51.3 Å². The fraction of sp³-hybridized carbons (Fsp3) is 0.526. The van der Waals surface area contributed by atoms with Gasteiger partial charge >= 0.3 is 6.09 Å². The molecule has 2 aliphatic heterocycles. The van der Waals surface area contributed by atoms with E-state index >= 15 is 0 Å². The van der Waals surface area contributed by atoms with E-state index in [1.807, 2.05) is 31.7 Å². The summed E-state index contributed by atoms with van der Waals surface area (Å²) >= 11 is 0. The average Bonchev–Trinajstić information content (AvgIpc) is 2.90. The molecular weight excluding hydrogens is 318 g/mol. The van der Waals surface area contributed by atoms with Crippen LogP contribution in [0.15, 0.2) is 18.2 Å². The lowest BCUT2D eigenvalue weighted by Crippen LogP contribution is -2.50. The zero-order chi connectivity index (χ0) is 18.2. The number of nitrogens with zero attached hydrogens (tertiary/aromatic N) is 3. The SMILES string of the molecule is CC(C)(C)OC(=O)N1CCCC(N2Cc3ccc(C#N)cc3C2=O)C1. The van der Waals surface area contributed by atoms with Gasteiger partial charge in [0.1, 0.15) is 5.60 Å². The van der Waals surface area contributed by atoms with Gasteiger partial charge in [0.15, 0.2) is 0 Å². The third kappa shape index (κ3) is 3.60. The molecule has 1 fully saturated rings. The highest BCUT2D eigenvalue weighted by molar-refractivity contribution is 5.99. The Morgan fingerprint density at radius 2 is 2.12 bits per heavy atom. The first-order valence-corrected chi connectivity index (χ1v) is 8.60. The first kappa shape index (κ1) is 17.3. The quantitative estimate of drug-likeness (QED) is 0.787. The summed E-state index contributed by atoms with van der Waals surface area (Å²) < 4.78 is 5.45. The monoisotopic (exact) mass is 341 g/mol. The molecule has 0 saturated carbocycles. The van der Waals surface area contributed by atoms with Crippen molar-refractivity contribution in [3.8, 4) is 6.07 Å². The molecule has 2 aliphatic rings. The van der Waals surface area contributed by atoms with Gasteiger partial charge in [0.2, 0.25) is 0 Å². The predicted molar refractivity (Wildman–Crippen MR) is 91.9 cm³/mol. The number of carbonyl (C=O) groups excluding carboxylic acids is 2. The number of hydrogen-bond donors (Lipinski definition) is 0. The minimum Gasteiger partial charge on any atom is -0.444 e. The third-order valence-corrected chi connectivity index (χ3v) is 4.56. The van der Waals surface area contributed by atoms with Crippen LogP contribution in [0.1, 0.15) is 55.1 Å². The molecule has 1 atom stereocenters. The Balaban J connectivity index is 1.72. The number of hydrogen-bond acceptors (Lipinski definition) is 4. The lowest BCUT2D eigenvalue weighted by atomic mass is 10.0. The molecule has 2 heterocycles. The Labute approximate surface area is 148 Å². The van der Waals surface area contributed by atoms with E-state index in [-0.39, 0.29) is 18.0 Å². The summed E-state index contributed by atoms with van der Waals surface area (Å²) in [5.41, 5.74) is 1.51. The Morgan fingerprint density at radius 1 is 1.36 bits per heavy atom. The molecule has 6 heteroatoms. The molecule has 0 bridgehead atoms. The number of rotatable bonds is 1. The van der Waals surface area contributed by atoms with E-state index in [0.717, 1.165) is 18.4 Å². The Hall–Kier alpha value is -2.55. The summed E-state index contributed by atoms with van der Waals surface area (Å²) in [6.07, 6.45) is 1.38. The molecule has 0 aromatic heterocycles. The molecule has 1 saturated heterocycles. The van der Waals surface area contributed by atoms with Crippen molar-refractivity contribution in [2.45, 2.75) is 51.8 Å². The van der Waals surface area contributed by atoms with Crippen LogP contribution in [0.25, 0.3) is 0 Å². The molecule has 132 valence electrons. The number of likely N-dealkylation sites (tertiary alicyclic amines) is 1. The molecule has 0 N–H and O–H groups in total. The number of benzene rings is 1. The molecule has 6 nitrogen and oxygen atoms in total. The molecule has 3 rings (SSSR count). The highest BCUT2D eigenvalue weighted by Crippen LogP contribution is 2.29. The molecule has 1 aromatic rings. The predicted octanol–water partition coefficient (Wildman–Crippen LogP) is 2.91. The first-order chi connectivity index (χ1) is 11.8. The highest BCUT2D eigenvalue weighted by Gasteiger charge is 2.36. The van der Waals surface area contributed by atoms with Gasteiger partial charge in [-0.25, -0.2) is 4.79 Å². The zero-order valence-electron chi connectivity index (χ0n) is 14.9. The van der Waals surface area contributed by atoms with Crippen molar-refractivity contribution in [3.05, 3.63) is 34.9 Å². The van der Waals surface area contributed by atoms with Crippen LogP contribution in [-0.4, -0.2) is 46.5 Å². The zero-order valence-corrected chi connectivity index (χ0v) is 14.9. The molecule has 0 radical (unpaired) electrons. The maximum Gasteiger partial charge on any atom is 0.410 e. The number of piperidine rings is 1. The van der Waals surface area contributed by atoms with Crippen molar-refractivity contribution in [2.24, 2.45) is 0 Å². The van der Waals surface area contributed by atoms with Crippen LogP contribution >= 0.6 is 0 Å². The van der Waals surface area contributed by atoms with Crippen molar-refractivity contribution in [1.29, 1.82) is 5.26 Å². The van der Waals surface area contributed by atoms with Gasteiger partial charge in [-0.1, -0.05) is 6.07 Å². The van der Waals surface area contributed by atoms with E-state index < -0.39 is 5.60 Å². The van der Waals surface area contributed by atoms with Crippen LogP contribution in [0.2, 0.25) is 0 Å². The lowest BCUT2D eigenvalue weighted by molar-refractivity contribution is 0.0106. The molecule has 1 unspecified atom stereocenters. The standard InChI is InChI=1S/C19H23N3O3/c1-19(2,3)25-18(24)21-8-4-5-15(12-21)22-11-14-7-6-13(10-20)9-16(14)17(22)23/h6-7,9,15H,4-5,8,11-12H2,1-3H3. The largest absolute Gasteiger partial charge is 0.444 e. The van der Waals surface area contributed by atoms with Gasteiger partial charge in [-0.2, -0.15) is 5.26 Å². The van der Waals surface area contributed by atoms with Gasteiger partial charge in [0, 0.05) is 25.2 Å². The number of ether oxygens (including phenoxy) is 1.